The molecule has 0 bridgehead atoms. The Morgan fingerprint density at radius 1 is 1.18 bits per heavy atom. The van der Waals surface area contributed by atoms with Gasteiger partial charge in [-0.3, -0.25) is 0 Å². The van der Waals surface area contributed by atoms with Crippen LogP contribution >= 0.6 is 15.9 Å². The number of H-pyrrole nitrogens is 1. The molecule has 0 fully saturated rings. The van der Waals surface area contributed by atoms with Crippen LogP contribution in [0.15, 0.2) is 40.9 Å². The van der Waals surface area contributed by atoms with E-state index in [-0.39, 0.29) is 11.5 Å². The predicted octanol–water partition coefficient (Wildman–Crippen LogP) is 5.40. The number of nitrogens with one attached hydrogen (secondary N) is 2. The summed E-state index contributed by atoms with van der Waals surface area (Å²) in [6, 6.07) is 9.51. The second-order valence-electron chi connectivity index (χ2n) is 4.87. The van der Waals surface area contributed by atoms with Gasteiger partial charge in [-0.1, -0.05) is 28.1 Å². The SMILES string of the molecule is Cc1ccc(Nc2nc3c(C(F)(F)F)cccc3[nH]2)cc1Br. The van der Waals surface area contributed by atoms with Gasteiger partial charge in [-0.05, 0) is 36.8 Å². The molecule has 0 saturated heterocycles. The molecule has 0 aliphatic rings. The van der Waals surface area contributed by atoms with Crippen molar-refractivity contribution >= 4 is 38.6 Å². The number of hydrogen-bond acceptors (Lipinski definition) is 2. The largest absolute Gasteiger partial charge is 0.418 e. The molecule has 2 N–H and O–H groups in total. The topological polar surface area (TPSA) is 40.7 Å². The first-order valence-electron chi connectivity index (χ1n) is 6.44. The maximum Gasteiger partial charge on any atom is 0.418 e. The van der Waals surface area contributed by atoms with Crippen LogP contribution in [0.3, 0.4) is 0 Å². The third kappa shape index (κ3) is 2.81. The summed E-state index contributed by atoms with van der Waals surface area (Å²) in [6.07, 6.45) is -4.43. The quantitative estimate of drug-likeness (QED) is 0.635. The van der Waals surface area contributed by atoms with E-state index < -0.39 is 11.7 Å². The zero-order valence-corrected chi connectivity index (χ0v) is 13.0. The first-order chi connectivity index (χ1) is 10.3. The summed E-state index contributed by atoms with van der Waals surface area (Å²) in [5.41, 5.74) is 1.28. The van der Waals surface area contributed by atoms with E-state index in [0.29, 0.717) is 5.52 Å². The van der Waals surface area contributed by atoms with Gasteiger partial charge in [-0.2, -0.15) is 13.2 Å². The summed E-state index contributed by atoms with van der Waals surface area (Å²) in [5.74, 6) is 0.266. The Morgan fingerprint density at radius 3 is 2.64 bits per heavy atom. The van der Waals surface area contributed by atoms with Gasteiger partial charge >= 0.3 is 6.18 Å². The summed E-state index contributed by atoms with van der Waals surface area (Å²) in [6.45, 7) is 1.95. The van der Waals surface area contributed by atoms with Gasteiger partial charge in [0, 0.05) is 10.2 Å². The summed E-state index contributed by atoms with van der Waals surface area (Å²) in [4.78, 5) is 6.88. The van der Waals surface area contributed by atoms with Crippen LogP contribution in [0, 0.1) is 6.92 Å². The second-order valence-corrected chi connectivity index (χ2v) is 5.73. The van der Waals surface area contributed by atoms with Crippen molar-refractivity contribution in [2.75, 3.05) is 5.32 Å². The molecule has 22 heavy (non-hydrogen) atoms. The monoisotopic (exact) mass is 369 g/mol. The highest BCUT2D eigenvalue weighted by atomic mass is 79.9. The van der Waals surface area contributed by atoms with Gasteiger partial charge in [0.15, 0.2) is 0 Å². The van der Waals surface area contributed by atoms with Crippen LogP contribution in [0.1, 0.15) is 11.1 Å². The molecule has 114 valence electrons. The van der Waals surface area contributed by atoms with Crippen LogP contribution < -0.4 is 5.32 Å². The number of benzene rings is 2. The lowest BCUT2D eigenvalue weighted by molar-refractivity contribution is -0.136. The smallest absolute Gasteiger partial charge is 0.326 e. The molecule has 0 aliphatic heterocycles. The molecule has 0 atom stereocenters. The average molecular weight is 370 g/mol. The van der Waals surface area contributed by atoms with Crippen molar-refractivity contribution in [2.24, 2.45) is 0 Å². The number of aromatic amines is 1. The minimum atomic E-state index is -4.43. The fourth-order valence-corrected chi connectivity index (χ4v) is 2.51. The van der Waals surface area contributed by atoms with Crippen molar-refractivity contribution in [1.82, 2.24) is 9.97 Å². The molecule has 0 radical (unpaired) electrons. The second kappa shape index (κ2) is 5.31. The Bertz CT molecular complexity index is 840. The number of aryl methyl sites for hydroxylation is 1. The minimum absolute atomic E-state index is 0.0938. The van der Waals surface area contributed by atoms with E-state index >= 15 is 0 Å². The highest BCUT2D eigenvalue weighted by Crippen LogP contribution is 2.34. The maximum atomic E-state index is 13.0. The van der Waals surface area contributed by atoms with Gasteiger partial charge < -0.3 is 10.3 Å². The van der Waals surface area contributed by atoms with Crippen molar-refractivity contribution in [3.05, 3.63) is 52.0 Å². The van der Waals surface area contributed by atoms with E-state index in [0.717, 1.165) is 21.8 Å². The summed E-state index contributed by atoms with van der Waals surface area (Å²) in [7, 11) is 0. The van der Waals surface area contributed by atoms with Crippen molar-refractivity contribution < 1.29 is 13.2 Å². The van der Waals surface area contributed by atoms with Crippen LogP contribution in [0.4, 0.5) is 24.8 Å². The summed E-state index contributed by atoms with van der Waals surface area (Å²) < 4.78 is 39.8. The molecule has 0 aliphatic carbocycles. The van der Waals surface area contributed by atoms with Gasteiger partial charge in [0.2, 0.25) is 5.95 Å². The van der Waals surface area contributed by atoms with Crippen molar-refractivity contribution in [3.8, 4) is 0 Å². The standard InChI is InChI=1S/C15H11BrF3N3/c1-8-5-6-9(7-11(8)16)20-14-21-12-4-2-3-10(13(12)22-14)15(17,18)19/h2-7H,1H3,(H2,20,21,22). The fourth-order valence-electron chi connectivity index (χ4n) is 2.13. The van der Waals surface area contributed by atoms with Crippen molar-refractivity contribution in [2.45, 2.75) is 13.1 Å². The van der Waals surface area contributed by atoms with Gasteiger partial charge in [0.05, 0.1) is 11.1 Å². The zero-order valence-electron chi connectivity index (χ0n) is 11.4. The zero-order chi connectivity index (χ0) is 15.9. The molecule has 1 heterocycles. The van der Waals surface area contributed by atoms with E-state index in [1.165, 1.54) is 6.07 Å². The Hall–Kier alpha value is -2.02. The Kier molecular flexibility index (Phi) is 3.60. The minimum Gasteiger partial charge on any atom is -0.326 e. The van der Waals surface area contributed by atoms with Crippen LogP contribution in [0.25, 0.3) is 11.0 Å². The number of aromatic nitrogens is 2. The summed E-state index contributed by atoms with van der Waals surface area (Å²) >= 11 is 3.41. The number of para-hydroxylation sites is 1. The number of halogens is 4. The Labute approximate surface area is 132 Å². The summed E-state index contributed by atoms with van der Waals surface area (Å²) in [5, 5.41) is 2.98. The molecule has 0 spiro atoms. The van der Waals surface area contributed by atoms with Crippen molar-refractivity contribution in [3.63, 3.8) is 0 Å². The normalized spacial score (nSPS) is 11.9. The molecule has 2 aromatic carbocycles. The number of imidazole rings is 1. The fraction of sp³-hybridized carbons (Fsp3) is 0.133. The lowest BCUT2D eigenvalue weighted by atomic mass is 10.2. The van der Waals surface area contributed by atoms with Gasteiger partial charge in [-0.15, -0.1) is 0 Å². The van der Waals surface area contributed by atoms with E-state index in [4.69, 9.17) is 0 Å². The van der Waals surface area contributed by atoms with Gasteiger partial charge in [0.1, 0.15) is 5.52 Å². The van der Waals surface area contributed by atoms with Crippen LogP contribution in [-0.2, 0) is 6.18 Å². The van der Waals surface area contributed by atoms with E-state index in [1.54, 1.807) is 6.07 Å². The predicted molar refractivity (Wildman–Crippen MR) is 83.3 cm³/mol. The molecule has 7 heteroatoms. The first kappa shape index (κ1) is 14.9. The third-order valence-electron chi connectivity index (χ3n) is 3.25. The highest BCUT2D eigenvalue weighted by molar-refractivity contribution is 9.10. The molecule has 3 rings (SSSR count). The van der Waals surface area contributed by atoms with Crippen LogP contribution in [0.2, 0.25) is 0 Å². The van der Waals surface area contributed by atoms with E-state index in [9.17, 15) is 13.2 Å². The molecule has 0 saturated carbocycles. The van der Waals surface area contributed by atoms with Gasteiger partial charge in [-0.25, -0.2) is 4.98 Å². The van der Waals surface area contributed by atoms with E-state index in [2.05, 4.69) is 31.2 Å². The van der Waals surface area contributed by atoms with Crippen molar-refractivity contribution in [1.29, 1.82) is 0 Å². The third-order valence-corrected chi connectivity index (χ3v) is 4.11. The molecule has 1 aromatic heterocycles. The van der Waals surface area contributed by atoms with Gasteiger partial charge in [0.25, 0.3) is 0 Å². The Morgan fingerprint density at radius 2 is 1.95 bits per heavy atom. The molecule has 0 amide bonds. The van der Waals surface area contributed by atoms with Crippen LogP contribution in [0.5, 0.6) is 0 Å². The molecular weight excluding hydrogens is 359 g/mol. The number of nitrogens with zero attached hydrogens (tertiary/aromatic N) is 1. The number of fused-ring (bicyclic) bond motifs is 1. The molecular formula is C15H11BrF3N3. The highest BCUT2D eigenvalue weighted by Gasteiger charge is 2.33. The Balaban J connectivity index is 2.00. The lowest BCUT2D eigenvalue weighted by Crippen LogP contribution is -2.05. The number of rotatable bonds is 2. The first-order valence-corrected chi connectivity index (χ1v) is 7.23. The lowest BCUT2D eigenvalue weighted by Gasteiger charge is -2.06. The van der Waals surface area contributed by atoms with Crippen LogP contribution in [-0.4, -0.2) is 9.97 Å². The molecule has 3 aromatic rings. The van der Waals surface area contributed by atoms with E-state index in [1.807, 2.05) is 25.1 Å². The number of hydrogen-bond donors (Lipinski definition) is 2. The number of anilines is 2. The maximum absolute atomic E-state index is 13.0. The number of alkyl halides is 3. The molecule has 3 nitrogen and oxygen atoms in total. The average Bonchev–Trinajstić information content (AvgIpc) is 2.83. The molecule has 0 unspecified atom stereocenters.